The number of benzene rings is 1. The highest BCUT2D eigenvalue weighted by Gasteiger charge is 2.30. The zero-order valence-electron chi connectivity index (χ0n) is 10.9. The first-order chi connectivity index (χ1) is 7.84. The summed E-state index contributed by atoms with van der Waals surface area (Å²) in [7, 11) is 0. The van der Waals surface area contributed by atoms with Gasteiger partial charge in [0.15, 0.2) is 5.78 Å². The fourth-order valence-electron chi connectivity index (χ4n) is 2.47. The summed E-state index contributed by atoms with van der Waals surface area (Å²) in [4.78, 5) is 12.0. The Morgan fingerprint density at radius 2 is 2.00 bits per heavy atom. The molecule has 0 amide bonds. The molecule has 0 saturated heterocycles. The van der Waals surface area contributed by atoms with Crippen LogP contribution in [0.5, 0.6) is 0 Å². The van der Waals surface area contributed by atoms with Gasteiger partial charge >= 0.3 is 0 Å². The molecule has 1 aromatic rings. The summed E-state index contributed by atoms with van der Waals surface area (Å²) in [6.07, 6.45) is 6.40. The number of terminal acetylenes is 1. The average Bonchev–Trinajstić information content (AvgIpc) is 2.51. The summed E-state index contributed by atoms with van der Waals surface area (Å²) < 4.78 is 0. The zero-order chi connectivity index (χ0) is 12.8. The molecule has 0 N–H and O–H groups in total. The van der Waals surface area contributed by atoms with Crippen molar-refractivity contribution in [2.24, 2.45) is 5.92 Å². The van der Waals surface area contributed by atoms with E-state index in [4.69, 9.17) is 6.42 Å². The minimum Gasteiger partial charge on any atom is -0.294 e. The predicted molar refractivity (Wildman–Crippen MR) is 70.3 cm³/mol. The monoisotopic (exact) mass is 226 g/mol. The Labute approximate surface area is 103 Å². The lowest BCUT2D eigenvalue weighted by molar-refractivity contribution is 0.0946. The maximum absolute atomic E-state index is 12.0. The highest BCUT2D eigenvalue weighted by molar-refractivity contribution is 6.02. The lowest BCUT2D eigenvalue weighted by Crippen LogP contribution is -2.14. The third-order valence-corrected chi connectivity index (χ3v) is 3.45. The van der Waals surface area contributed by atoms with E-state index in [9.17, 15) is 4.79 Å². The molecule has 0 fully saturated rings. The first-order valence-corrected chi connectivity index (χ1v) is 6.03. The molecule has 0 saturated carbocycles. The summed E-state index contributed by atoms with van der Waals surface area (Å²) >= 11 is 0. The van der Waals surface area contributed by atoms with Gasteiger partial charge in [-0.1, -0.05) is 33.6 Å². The third-order valence-electron chi connectivity index (χ3n) is 3.45. The standard InChI is InChI=1S/C16H18O/c1-6-11-8-12-7-10(2)15(17)13(12)9-14(11)16(3,4)5/h1,8-10H,7H2,2-5H3. The Bertz CT molecular complexity index is 524. The largest absolute Gasteiger partial charge is 0.294 e. The van der Waals surface area contributed by atoms with Crippen molar-refractivity contribution in [2.75, 3.05) is 0 Å². The fraction of sp³-hybridized carbons (Fsp3) is 0.438. The van der Waals surface area contributed by atoms with Crippen LogP contribution in [0, 0.1) is 18.3 Å². The molecule has 0 aromatic heterocycles. The molecule has 0 radical (unpaired) electrons. The van der Waals surface area contributed by atoms with Crippen LogP contribution in [0.3, 0.4) is 0 Å². The highest BCUT2D eigenvalue weighted by atomic mass is 16.1. The average molecular weight is 226 g/mol. The number of Topliss-reactive ketones (excluding diaryl/α,β-unsaturated/α-hetero) is 1. The van der Waals surface area contributed by atoms with Crippen molar-refractivity contribution in [3.8, 4) is 12.3 Å². The smallest absolute Gasteiger partial charge is 0.166 e. The molecule has 1 aliphatic rings. The summed E-state index contributed by atoms with van der Waals surface area (Å²) in [6.45, 7) is 8.35. The van der Waals surface area contributed by atoms with Gasteiger partial charge in [0.25, 0.3) is 0 Å². The van der Waals surface area contributed by atoms with Gasteiger partial charge in [-0.3, -0.25) is 4.79 Å². The molecule has 0 bridgehead atoms. The third kappa shape index (κ3) is 1.89. The number of hydrogen-bond donors (Lipinski definition) is 0. The van der Waals surface area contributed by atoms with E-state index < -0.39 is 0 Å². The van der Waals surface area contributed by atoms with Gasteiger partial charge < -0.3 is 0 Å². The molecule has 0 aliphatic heterocycles. The van der Waals surface area contributed by atoms with Crippen molar-refractivity contribution in [1.82, 2.24) is 0 Å². The van der Waals surface area contributed by atoms with Crippen molar-refractivity contribution in [3.63, 3.8) is 0 Å². The van der Waals surface area contributed by atoms with Crippen LogP contribution < -0.4 is 0 Å². The minimum absolute atomic E-state index is 0.0250. The number of hydrogen-bond acceptors (Lipinski definition) is 1. The van der Waals surface area contributed by atoms with E-state index in [0.29, 0.717) is 0 Å². The Hall–Kier alpha value is -1.55. The SMILES string of the molecule is C#Cc1cc2c(cc1C(C)(C)C)C(=O)C(C)C2. The second-order valence-electron chi connectivity index (χ2n) is 5.92. The van der Waals surface area contributed by atoms with Gasteiger partial charge in [-0.05, 0) is 35.1 Å². The molecule has 1 aromatic carbocycles. The lowest BCUT2D eigenvalue weighted by Gasteiger charge is -2.22. The van der Waals surface area contributed by atoms with Gasteiger partial charge in [-0.25, -0.2) is 0 Å². The summed E-state index contributed by atoms with van der Waals surface area (Å²) in [6, 6.07) is 4.04. The number of carbonyl (C=O) groups excluding carboxylic acids is 1. The van der Waals surface area contributed by atoms with Crippen molar-refractivity contribution < 1.29 is 4.79 Å². The second kappa shape index (κ2) is 3.74. The number of ketones is 1. The fourth-order valence-corrected chi connectivity index (χ4v) is 2.47. The van der Waals surface area contributed by atoms with Gasteiger partial charge in [0.05, 0.1) is 0 Å². The Kier molecular flexibility index (Phi) is 2.62. The highest BCUT2D eigenvalue weighted by Crippen LogP contribution is 2.33. The van der Waals surface area contributed by atoms with E-state index in [2.05, 4.69) is 26.7 Å². The minimum atomic E-state index is -0.0250. The van der Waals surface area contributed by atoms with E-state index in [0.717, 1.165) is 28.7 Å². The van der Waals surface area contributed by atoms with Gasteiger partial charge in [0, 0.05) is 17.0 Å². The van der Waals surface area contributed by atoms with E-state index in [1.165, 1.54) is 0 Å². The van der Waals surface area contributed by atoms with Gasteiger partial charge in [0.2, 0.25) is 0 Å². The van der Waals surface area contributed by atoms with Gasteiger partial charge in [-0.15, -0.1) is 6.42 Å². The van der Waals surface area contributed by atoms with E-state index in [1.807, 2.05) is 19.1 Å². The first-order valence-electron chi connectivity index (χ1n) is 6.03. The topological polar surface area (TPSA) is 17.1 Å². The van der Waals surface area contributed by atoms with E-state index in [-0.39, 0.29) is 17.1 Å². The van der Waals surface area contributed by atoms with Crippen molar-refractivity contribution in [2.45, 2.75) is 39.5 Å². The normalized spacial score (nSPS) is 19.0. The molecular weight excluding hydrogens is 208 g/mol. The van der Waals surface area contributed by atoms with Gasteiger partial charge in [-0.2, -0.15) is 0 Å². The Morgan fingerprint density at radius 3 is 2.53 bits per heavy atom. The Balaban J connectivity index is 2.66. The van der Waals surface area contributed by atoms with Crippen LogP contribution in [-0.2, 0) is 11.8 Å². The van der Waals surface area contributed by atoms with Crippen LogP contribution in [-0.4, -0.2) is 5.78 Å². The number of fused-ring (bicyclic) bond motifs is 1. The first kappa shape index (κ1) is 11.9. The summed E-state index contributed by atoms with van der Waals surface area (Å²) in [5.41, 5.74) is 3.99. The van der Waals surface area contributed by atoms with Crippen LogP contribution in [0.15, 0.2) is 12.1 Å². The molecular formula is C16H18O. The van der Waals surface area contributed by atoms with Crippen molar-refractivity contribution in [3.05, 3.63) is 34.4 Å². The van der Waals surface area contributed by atoms with Gasteiger partial charge in [0.1, 0.15) is 0 Å². The van der Waals surface area contributed by atoms with Crippen LogP contribution in [0.2, 0.25) is 0 Å². The van der Waals surface area contributed by atoms with Crippen LogP contribution in [0.25, 0.3) is 0 Å². The van der Waals surface area contributed by atoms with Crippen LogP contribution in [0.1, 0.15) is 54.7 Å². The molecule has 1 nitrogen and oxygen atoms in total. The molecule has 2 rings (SSSR count). The maximum atomic E-state index is 12.0. The summed E-state index contributed by atoms with van der Waals surface area (Å²) in [5.74, 6) is 3.11. The lowest BCUT2D eigenvalue weighted by atomic mass is 9.82. The second-order valence-corrected chi connectivity index (χ2v) is 5.92. The molecule has 1 heteroatoms. The molecule has 1 aliphatic carbocycles. The van der Waals surface area contributed by atoms with Crippen molar-refractivity contribution >= 4 is 5.78 Å². The molecule has 0 spiro atoms. The predicted octanol–water partition coefficient (Wildman–Crippen LogP) is 3.34. The molecule has 1 unspecified atom stereocenters. The maximum Gasteiger partial charge on any atom is 0.166 e. The van der Waals surface area contributed by atoms with E-state index in [1.54, 1.807) is 0 Å². The number of carbonyl (C=O) groups is 1. The molecule has 0 heterocycles. The quantitative estimate of drug-likeness (QED) is 0.620. The summed E-state index contributed by atoms with van der Waals surface area (Å²) in [5, 5.41) is 0. The van der Waals surface area contributed by atoms with Crippen LogP contribution >= 0.6 is 0 Å². The molecule has 88 valence electrons. The van der Waals surface area contributed by atoms with Crippen LogP contribution in [0.4, 0.5) is 0 Å². The zero-order valence-corrected chi connectivity index (χ0v) is 10.9. The van der Waals surface area contributed by atoms with E-state index >= 15 is 0 Å². The molecule has 17 heavy (non-hydrogen) atoms. The Morgan fingerprint density at radius 1 is 1.35 bits per heavy atom. The molecule has 1 atom stereocenters. The number of rotatable bonds is 0. The van der Waals surface area contributed by atoms with Crippen molar-refractivity contribution in [1.29, 1.82) is 0 Å².